The molecule has 3 aliphatic rings. The van der Waals surface area contributed by atoms with Crippen LogP contribution >= 0.6 is 31.9 Å². The zero-order valence-corrected chi connectivity index (χ0v) is 20.5. The summed E-state index contributed by atoms with van der Waals surface area (Å²) in [4.78, 5) is 0. The Hall–Kier alpha value is -0.600. The van der Waals surface area contributed by atoms with Crippen LogP contribution in [0.5, 0.6) is 0 Å². The van der Waals surface area contributed by atoms with Crippen LogP contribution in [0.2, 0.25) is 0 Å². The van der Waals surface area contributed by atoms with Crippen molar-refractivity contribution in [2.75, 3.05) is 0 Å². The molecule has 0 nitrogen and oxygen atoms in total. The molecule has 2 fully saturated rings. The van der Waals surface area contributed by atoms with Gasteiger partial charge in [-0.2, -0.15) is 0 Å². The van der Waals surface area contributed by atoms with E-state index in [1.165, 1.54) is 97.1 Å². The van der Waals surface area contributed by atoms with Crippen molar-refractivity contribution in [3.63, 3.8) is 0 Å². The smallest absolute Gasteiger partial charge is 0.0221 e. The SMILES string of the molecule is Brc1ccc2c(c1)C(CC1CCCCC1)(CC1CCCCC1)c1cc(Br)ccc1-2. The molecule has 0 unspecified atom stereocenters. The Labute approximate surface area is 193 Å². The van der Waals surface area contributed by atoms with E-state index in [4.69, 9.17) is 0 Å². The van der Waals surface area contributed by atoms with Gasteiger partial charge in [0.2, 0.25) is 0 Å². The van der Waals surface area contributed by atoms with Crippen molar-refractivity contribution in [3.8, 4) is 11.1 Å². The first-order chi connectivity index (χ1) is 14.2. The Kier molecular flexibility index (Phi) is 5.95. The average molecular weight is 516 g/mol. The van der Waals surface area contributed by atoms with Crippen molar-refractivity contribution in [2.24, 2.45) is 11.8 Å². The van der Waals surface area contributed by atoms with E-state index in [1.54, 1.807) is 11.1 Å². The molecule has 0 bridgehead atoms. The van der Waals surface area contributed by atoms with Gasteiger partial charge < -0.3 is 0 Å². The Morgan fingerprint density at radius 3 is 1.45 bits per heavy atom. The lowest BCUT2D eigenvalue weighted by Gasteiger charge is -2.40. The maximum atomic E-state index is 3.82. The summed E-state index contributed by atoms with van der Waals surface area (Å²) >= 11 is 7.63. The van der Waals surface area contributed by atoms with Crippen molar-refractivity contribution < 1.29 is 0 Å². The molecule has 0 N–H and O–H groups in total. The molecule has 0 aliphatic heterocycles. The summed E-state index contributed by atoms with van der Waals surface area (Å²) < 4.78 is 2.47. The number of halogens is 2. The molecule has 2 aromatic carbocycles. The van der Waals surface area contributed by atoms with E-state index in [2.05, 4.69) is 68.3 Å². The van der Waals surface area contributed by atoms with Crippen molar-refractivity contribution in [3.05, 3.63) is 56.5 Å². The number of benzene rings is 2. The summed E-state index contributed by atoms with van der Waals surface area (Å²) in [5, 5.41) is 0. The number of fused-ring (bicyclic) bond motifs is 3. The minimum absolute atomic E-state index is 0.197. The van der Waals surface area contributed by atoms with Gasteiger partial charge in [0.25, 0.3) is 0 Å². The highest BCUT2D eigenvalue weighted by molar-refractivity contribution is 9.10. The second-order valence-corrected chi connectivity index (χ2v) is 11.7. The van der Waals surface area contributed by atoms with Crippen LogP contribution in [0, 0.1) is 11.8 Å². The van der Waals surface area contributed by atoms with E-state index in [0.29, 0.717) is 0 Å². The lowest BCUT2D eigenvalue weighted by Crippen LogP contribution is -2.32. The fraction of sp³-hybridized carbons (Fsp3) is 0.556. The molecule has 0 saturated heterocycles. The van der Waals surface area contributed by atoms with Gasteiger partial charge in [-0.1, -0.05) is 108 Å². The molecular weight excluding hydrogens is 484 g/mol. The minimum atomic E-state index is 0.197. The molecule has 0 aromatic heterocycles. The van der Waals surface area contributed by atoms with Crippen LogP contribution < -0.4 is 0 Å². The zero-order chi connectivity index (χ0) is 19.8. The standard InChI is InChI=1S/C27H32Br2/c28-21-11-13-23-24-14-12-22(29)16-26(24)27(25(23)15-21,17-19-7-3-1-4-8-19)18-20-9-5-2-6-10-20/h11-16,19-20H,1-10,17-18H2. The first-order valence-electron chi connectivity index (χ1n) is 11.8. The first kappa shape index (κ1) is 20.3. The monoisotopic (exact) mass is 514 g/mol. The van der Waals surface area contributed by atoms with E-state index in [9.17, 15) is 0 Å². The molecule has 0 heterocycles. The summed E-state index contributed by atoms with van der Waals surface area (Å²) in [6.07, 6.45) is 17.0. The van der Waals surface area contributed by atoms with Crippen LogP contribution in [0.1, 0.15) is 88.2 Å². The highest BCUT2D eigenvalue weighted by Gasteiger charge is 2.46. The van der Waals surface area contributed by atoms with E-state index >= 15 is 0 Å². The average Bonchev–Trinajstić information content (AvgIpc) is 2.98. The third kappa shape index (κ3) is 3.89. The Morgan fingerprint density at radius 1 is 0.621 bits per heavy atom. The van der Waals surface area contributed by atoms with Crippen LogP contribution in [0.4, 0.5) is 0 Å². The summed E-state index contributed by atoms with van der Waals surface area (Å²) in [5.74, 6) is 1.76. The van der Waals surface area contributed by atoms with Crippen LogP contribution in [-0.4, -0.2) is 0 Å². The van der Waals surface area contributed by atoms with Gasteiger partial charge in [0.05, 0.1) is 0 Å². The molecule has 0 radical (unpaired) electrons. The molecule has 0 spiro atoms. The molecule has 29 heavy (non-hydrogen) atoms. The van der Waals surface area contributed by atoms with Gasteiger partial charge in [-0.05, 0) is 71.2 Å². The topological polar surface area (TPSA) is 0 Å². The normalized spacial score (nSPS) is 21.7. The lowest BCUT2D eigenvalue weighted by molar-refractivity contribution is 0.226. The third-order valence-corrected chi connectivity index (χ3v) is 8.99. The number of hydrogen-bond donors (Lipinski definition) is 0. The molecule has 5 rings (SSSR count). The molecule has 3 aliphatic carbocycles. The van der Waals surface area contributed by atoms with E-state index in [0.717, 1.165) is 11.8 Å². The molecule has 154 valence electrons. The maximum absolute atomic E-state index is 3.82. The fourth-order valence-corrected chi connectivity index (χ4v) is 7.45. The largest absolute Gasteiger partial charge is 0.0533 e. The third-order valence-electron chi connectivity index (χ3n) is 8.01. The van der Waals surface area contributed by atoms with Crippen molar-refractivity contribution in [1.29, 1.82) is 0 Å². The second-order valence-electron chi connectivity index (χ2n) is 9.88. The predicted octanol–water partition coefficient (Wildman–Crippen LogP) is 9.42. The van der Waals surface area contributed by atoms with Crippen LogP contribution in [-0.2, 0) is 5.41 Å². The van der Waals surface area contributed by atoms with Gasteiger partial charge in [-0.25, -0.2) is 0 Å². The Bertz CT molecular complexity index is 799. The molecule has 2 saturated carbocycles. The number of rotatable bonds is 4. The van der Waals surface area contributed by atoms with Crippen molar-refractivity contribution in [2.45, 2.75) is 82.5 Å². The molecular formula is C27H32Br2. The predicted molar refractivity (Wildman–Crippen MR) is 130 cm³/mol. The van der Waals surface area contributed by atoms with Gasteiger partial charge in [0, 0.05) is 14.4 Å². The molecule has 2 aromatic rings. The highest BCUT2D eigenvalue weighted by Crippen LogP contribution is 2.57. The van der Waals surface area contributed by atoms with Crippen molar-refractivity contribution >= 4 is 31.9 Å². The van der Waals surface area contributed by atoms with E-state index in [1.807, 2.05) is 0 Å². The maximum Gasteiger partial charge on any atom is 0.0221 e. The summed E-state index contributed by atoms with van der Waals surface area (Å²) in [6.45, 7) is 0. The van der Waals surface area contributed by atoms with Gasteiger partial charge in [0.1, 0.15) is 0 Å². The molecule has 2 heteroatoms. The van der Waals surface area contributed by atoms with Gasteiger partial charge in [-0.3, -0.25) is 0 Å². The first-order valence-corrected chi connectivity index (χ1v) is 13.3. The van der Waals surface area contributed by atoms with E-state index < -0.39 is 0 Å². The molecule has 0 amide bonds. The Balaban J connectivity index is 1.65. The van der Waals surface area contributed by atoms with Crippen molar-refractivity contribution in [1.82, 2.24) is 0 Å². The summed E-state index contributed by atoms with van der Waals surface area (Å²) in [6, 6.07) is 14.2. The summed E-state index contributed by atoms with van der Waals surface area (Å²) in [7, 11) is 0. The van der Waals surface area contributed by atoms with Gasteiger partial charge in [-0.15, -0.1) is 0 Å². The van der Waals surface area contributed by atoms with E-state index in [-0.39, 0.29) is 5.41 Å². The quantitative estimate of drug-likeness (QED) is 0.380. The zero-order valence-electron chi connectivity index (χ0n) is 17.4. The summed E-state index contributed by atoms with van der Waals surface area (Å²) in [5.41, 5.74) is 6.39. The van der Waals surface area contributed by atoms with Crippen LogP contribution in [0.25, 0.3) is 11.1 Å². The fourth-order valence-electron chi connectivity index (χ4n) is 6.73. The highest BCUT2D eigenvalue weighted by atomic mass is 79.9. The molecule has 0 atom stereocenters. The van der Waals surface area contributed by atoms with Crippen LogP contribution in [0.15, 0.2) is 45.3 Å². The second kappa shape index (κ2) is 8.50. The van der Waals surface area contributed by atoms with Crippen LogP contribution in [0.3, 0.4) is 0 Å². The lowest BCUT2D eigenvalue weighted by atomic mass is 9.63. The Morgan fingerprint density at radius 2 is 1.03 bits per heavy atom. The minimum Gasteiger partial charge on any atom is -0.0533 e. The van der Waals surface area contributed by atoms with Gasteiger partial charge >= 0.3 is 0 Å². The van der Waals surface area contributed by atoms with Gasteiger partial charge in [0.15, 0.2) is 0 Å². The number of hydrogen-bond acceptors (Lipinski definition) is 0.